The topological polar surface area (TPSA) is 96.4 Å². The molecule has 156 valence electrons. The first-order valence-electron chi connectivity index (χ1n) is 9.68. The molecule has 1 fully saturated rings. The van der Waals surface area contributed by atoms with Gasteiger partial charge in [0.2, 0.25) is 0 Å². The fraction of sp³-hybridized carbons (Fsp3) is 0.318. The molecule has 1 atom stereocenters. The molecule has 2 amide bonds. The van der Waals surface area contributed by atoms with Crippen LogP contribution in [-0.2, 0) is 14.3 Å². The molecule has 4 rings (SSSR count). The van der Waals surface area contributed by atoms with Crippen molar-refractivity contribution < 1.29 is 29.0 Å². The SMILES string of the molecule is COC(=O)N1CCN(C(=O)OCC2c3ccccc3-c3ccccc32)CC1C(=O)O. The summed E-state index contributed by atoms with van der Waals surface area (Å²) in [6, 6.07) is 14.9. The summed E-state index contributed by atoms with van der Waals surface area (Å²) >= 11 is 0. The Balaban J connectivity index is 1.45. The summed E-state index contributed by atoms with van der Waals surface area (Å²) in [4.78, 5) is 38.5. The van der Waals surface area contributed by atoms with E-state index in [9.17, 15) is 19.5 Å². The predicted molar refractivity (Wildman–Crippen MR) is 107 cm³/mol. The van der Waals surface area contributed by atoms with Crippen LogP contribution in [0.15, 0.2) is 48.5 Å². The first-order chi connectivity index (χ1) is 14.5. The van der Waals surface area contributed by atoms with Crippen molar-refractivity contribution in [3.05, 3.63) is 59.7 Å². The average molecular weight is 410 g/mol. The highest BCUT2D eigenvalue weighted by atomic mass is 16.6. The van der Waals surface area contributed by atoms with Gasteiger partial charge in [-0.05, 0) is 22.3 Å². The highest BCUT2D eigenvalue weighted by Crippen LogP contribution is 2.44. The molecule has 8 nitrogen and oxygen atoms in total. The number of benzene rings is 2. The maximum atomic E-state index is 12.7. The molecule has 2 aliphatic rings. The second-order valence-corrected chi connectivity index (χ2v) is 7.27. The molecule has 1 aliphatic carbocycles. The van der Waals surface area contributed by atoms with Crippen molar-refractivity contribution in [3.8, 4) is 11.1 Å². The lowest BCUT2D eigenvalue weighted by Crippen LogP contribution is -2.59. The predicted octanol–water partition coefficient (Wildman–Crippen LogP) is 2.77. The van der Waals surface area contributed by atoms with E-state index >= 15 is 0 Å². The van der Waals surface area contributed by atoms with Gasteiger partial charge in [-0.3, -0.25) is 4.90 Å². The second-order valence-electron chi connectivity index (χ2n) is 7.27. The maximum Gasteiger partial charge on any atom is 0.410 e. The molecule has 30 heavy (non-hydrogen) atoms. The molecule has 0 spiro atoms. The third-order valence-electron chi connectivity index (χ3n) is 5.67. The van der Waals surface area contributed by atoms with E-state index in [1.807, 2.05) is 36.4 Å². The molecule has 1 aliphatic heterocycles. The molecular weight excluding hydrogens is 388 g/mol. The summed E-state index contributed by atoms with van der Waals surface area (Å²) in [5.41, 5.74) is 4.47. The Morgan fingerprint density at radius 3 is 2.13 bits per heavy atom. The Kier molecular flexibility index (Phi) is 5.31. The summed E-state index contributed by atoms with van der Waals surface area (Å²) in [6.45, 7) is 0.242. The number of ether oxygens (including phenoxy) is 2. The van der Waals surface area contributed by atoms with Crippen molar-refractivity contribution in [2.75, 3.05) is 33.4 Å². The standard InChI is InChI=1S/C22H22N2O6/c1-29-22(28)24-11-10-23(12-19(24)20(25)26)21(27)30-13-18-16-8-4-2-6-14(16)15-7-3-5-9-17(15)18/h2-9,18-19H,10-13H2,1H3,(H,25,26). The minimum Gasteiger partial charge on any atom is -0.480 e. The number of fused-ring (bicyclic) bond motifs is 3. The third kappa shape index (κ3) is 3.45. The van der Waals surface area contributed by atoms with Crippen molar-refractivity contribution in [2.24, 2.45) is 0 Å². The van der Waals surface area contributed by atoms with Crippen LogP contribution in [-0.4, -0.2) is 72.5 Å². The van der Waals surface area contributed by atoms with Crippen LogP contribution >= 0.6 is 0 Å². The molecular formula is C22H22N2O6. The number of carboxylic acid groups (broad SMARTS) is 1. The van der Waals surface area contributed by atoms with Gasteiger partial charge in [-0.25, -0.2) is 14.4 Å². The number of rotatable bonds is 3. The van der Waals surface area contributed by atoms with Crippen LogP contribution in [0.4, 0.5) is 9.59 Å². The molecule has 1 heterocycles. The van der Waals surface area contributed by atoms with Gasteiger partial charge in [0, 0.05) is 19.0 Å². The largest absolute Gasteiger partial charge is 0.480 e. The lowest BCUT2D eigenvalue weighted by Gasteiger charge is -2.37. The van der Waals surface area contributed by atoms with Crippen molar-refractivity contribution in [1.82, 2.24) is 9.80 Å². The summed E-state index contributed by atoms with van der Waals surface area (Å²) in [5.74, 6) is -1.27. The van der Waals surface area contributed by atoms with E-state index in [0.717, 1.165) is 27.2 Å². The van der Waals surface area contributed by atoms with E-state index in [1.165, 1.54) is 12.0 Å². The highest BCUT2D eigenvalue weighted by molar-refractivity contribution is 5.82. The highest BCUT2D eigenvalue weighted by Gasteiger charge is 2.38. The van der Waals surface area contributed by atoms with E-state index in [-0.39, 0.29) is 32.2 Å². The molecule has 2 aromatic carbocycles. The molecule has 1 N–H and O–H groups in total. The van der Waals surface area contributed by atoms with Crippen molar-refractivity contribution in [2.45, 2.75) is 12.0 Å². The van der Waals surface area contributed by atoms with Gasteiger partial charge in [0.25, 0.3) is 0 Å². The first kappa shape index (κ1) is 19.8. The minimum atomic E-state index is -1.20. The van der Waals surface area contributed by atoms with Crippen molar-refractivity contribution in [1.29, 1.82) is 0 Å². The Morgan fingerprint density at radius 2 is 1.57 bits per heavy atom. The smallest absolute Gasteiger partial charge is 0.410 e. The summed E-state index contributed by atoms with van der Waals surface area (Å²) in [5, 5.41) is 9.45. The Hall–Kier alpha value is -3.55. The Morgan fingerprint density at radius 1 is 0.967 bits per heavy atom. The van der Waals surface area contributed by atoms with E-state index in [0.29, 0.717) is 0 Å². The van der Waals surface area contributed by atoms with Crippen LogP contribution in [0.3, 0.4) is 0 Å². The number of carboxylic acids is 1. The number of carbonyl (C=O) groups is 3. The van der Waals surface area contributed by atoms with E-state index in [2.05, 4.69) is 16.9 Å². The van der Waals surface area contributed by atoms with Crippen LogP contribution in [0.1, 0.15) is 17.0 Å². The van der Waals surface area contributed by atoms with E-state index < -0.39 is 24.2 Å². The number of amides is 2. The molecule has 1 saturated heterocycles. The normalized spacial score (nSPS) is 17.8. The zero-order valence-corrected chi connectivity index (χ0v) is 16.5. The molecule has 0 bridgehead atoms. The van der Waals surface area contributed by atoms with Gasteiger partial charge in [-0.15, -0.1) is 0 Å². The molecule has 1 unspecified atom stereocenters. The number of carbonyl (C=O) groups excluding carboxylic acids is 2. The van der Waals surface area contributed by atoms with Crippen LogP contribution in [0.25, 0.3) is 11.1 Å². The van der Waals surface area contributed by atoms with Gasteiger partial charge in [0.05, 0.1) is 13.7 Å². The van der Waals surface area contributed by atoms with Crippen LogP contribution < -0.4 is 0 Å². The summed E-state index contributed by atoms with van der Waals surface area (Å²) in [7, 11) is 1.19. The molecule has 0 radical (unpaired) electrons. The van der Waals surface area contributed by atoms with Crippen LogP contribution in [0.2, 0.25) is 0 Å². The van der Waals surface area contributed by atoms with Gasteiger partial charge < -0.3 is 19.5 Å². The molecule has 0 saturated carbocycles. The van der Waals surface area contributed by atoms with Gasteiger partial charge in [0.1, 0.15) is 6.61 Å². The Labute approximate surface area is 173 Å². The number of piperazine rings is 1. The van der Waals surface area contributed by atoms with Crippen LogP contribution in [0, 0.1) is 0 Å². The van der Waals surface area contributed by atoms with Crippen molar-refractivity contribution in [3.63, 3.8) is 0 Å². The average Bonchev–Trinajstić information content (AvgIpc) is 3.10. The number of methoxy groups -OCH3 is 1. The number of aliphatic carboxylic acids is 1. The van der Waals surface area contributed by atoms with E-state index in [4.69, 9.17) is 4.74 Å². The second kappa shape index (κ2) is 8.06. The van der Waals surface area contributed by atoms with Crippen LogP contribution in [0.5, 0.6) is 0 Å². The quantitative estimate of drug-likeness (QED) is 0.836. The monoisotopic (exact) mass is 410 g/mol. The summed E-state index contributed by atoms with van der Waals surface area (Å²) in [6.07, 6.45) is -1.32. The van der Waals surface area contributed by atoms with Gasteiger partial charge >= 0.3 is 18.2 Å². The third-order valence-corrected chi connectivity index (χ3v) is 5.67. The first-order valence-corrected chi connectivity index (χ1v) is 9.68. The fourth-order valence-corrected chi connectivity index (χ4v) is 4.18. The number of hydrogen-bond acceptors (Lipinski definition) is 5. The zero-order chi connectivity index (χ0) is 21.3. The fourth-order valence-electron chi connectivity index (χ4n) is 4.18. The van der Waals surface area contributed by atoms with Gasteiger partial charge in [-0.2, -0.15) is 0 Å². The lowest BCUT2D eigenvalue weighted by atomic mass is 9.98. The number of hydrogen-bond donors (Lipinski definition) is 1. The maximum absolute atomic E-state index is 12.7. The van der Waals surface area contributed by atoms with E-state index in [1.54, 1.807) is 0 Å². The van der Waals surface area contributed by atoms with Gasteiger partial charge in [0.15, 0.2) is 6.04 Å². The molecule has 8 heteroatoms. The number of nitrogens with zero attached hydrogens (tertiary/aromatic N) is 2. The summed E-state index contributed by atoms with van der Waals surface area (Å²) < 4.78 is 10.2. The van der Waals surface area contributed by atoms with Gasteiger partial charge in [-0.1, -0.05) is 48.5 Å². The van der Waals surface area contributed by atoms with Crippen molar-refractivity contribution >= 4 is 18.2 Å². The zero-order valence-electron chi connectivity index (χ0n) is 16.5. The molecule has 0 aromatic heterocycles. The minimum absolute atomic E-state index is 0.0633. The Bertz CT molecular complexity index is 946. The lowest BCUT2D eigenvalue weighted by molar-refractivity contribution is -0.144. The molecule has 2 aromatic rings.